The van der Waals surface area contributed by atoms with E-state index in [4.69, 9.17) is 4.74 Å². The van der Waals surface area contributed by atoms with Gasteiger partial charge in [0.1, 0.15) is 5.75 Å². The Labute approximate surface area is 159 Å². The second kappa shape index (κ2) is 8.12. The number of carbonyl (C=O) groups is 2. The highest BCUT2D eigenvalue weighted by molar-refractivity contribution is 6.39. The molecule has 0 radical (unpaired) electrons. The smallest absolute Gasteiger partial charge is 0.313 e. The Morgan fingerprint density at radius 1 is 0.963 bits per heavy atom. The van der Waals surface area contributed by atoms with Gasteiger partial charge in [0.25, 0.3) is 0 Å². The first kappa shape index (κ1) is 18.8. The lowest BCUT2D eigenvalue weighted by molar-refractivity contribution is -0.143. The summed E-state index contributed by atoms with van der Waals surface area (Å²) in [5.74, 6) is -0.269. The fraction of sp³-hybridized carbons (Fsp3) is 0.333. The molecule has 0 bridgehead atoms. The van der Waals surface area contributed by atoms with Gasteiger partial charge in [0.2, 0.25) is 0 Å². The molecular formula is C21H25N3O3. The van der Waals surface area contributed by atoms with Crippen LogP contribution >= 0.6 is 0 Å². The summed E-state index contributed by atoms with van der Waals surface area (Å²) in [6.45, 7) is 6.21. The third-order valence-corrected chi connectivity index (χ3v) is 5.04. The number of piperazine rings is 1. The maximum atomic E-state index is 12.5. The van der Waals surface area contributed by atoms with E-state index in [0.29, 0.717) is 31.9 Å². The summed E-state index contributed by atoms with van der Waals surface area (Å²) in [4.78, 5) is 28.7. The molecule has 1 aliphatic heterocycles. The molecule has 0 atom stereocenters. The first-order chi connectivity index (χ1) is 13.0. The van der Waals surface area contributed by atoms with Crippen LogP contribution in [0.15, 0.2) is 42.5 Å². The van der Waals surface area contributed by atoms with E-state index in [1.807, 2.05) is 56.3 Å². The van der Waals surface area contributed by atoms with E-state index >= 15 is 0 Å². The molecule has 27 heavy (non-hydrogen) atoms. The fourth-order valence-corrected chi connectivity index (χ4v) is 3.25. The number of hydrogen-bond donors (Lipinski definition) is 1. The summed E-state index contributed by atoms with van der Waals surface area (Å²) in [7, 11) is 1.65. The highest BCUT2D eigenvalue weighted by Gasteiger charge is 2.27. The highest BCUT2D eigenvalue weighted by Crippen LogP contribution is 2.28. The van der Waals surface area contributed by atoms with Crippen LogP contribution in [0.25, 0.3) is 0 Å². The third kappa shape index (κ3) is 4.05. The van der Waals surface area contributed by atoms with E-state index < -0.39 is 11.8 Å². The van der Waals surface area contributed by atoms with Crippen molar-refractivity contribution in [2.45, 2.75) is 13.8 Å². The zero-order valence-corrected chi connectivity index (χ0v) is 16.0. The Balaban J connectivity index is 1.61. The summed E-state index contributed by atoms with van der Waals surface area (Å²) in [6, 6.07) is 13.5. The number of methoxy groups -OCH3 is 1. The largest absolute Gasteiger partial charge is 0.495 e. The molecule has 0 unspecified atom stereocenters. The molecule has 1 aliphatic rings. The van der Waals surface area contributed by atoms with E-state index in [0.717, 1.165) is 22.6 Å². The van der Waals surface area contributed by atoms with Crippen molar-refractivity contribution in [2.24, 2.45) is 0 Å². The van der Waals surface area contributed by atoms with Crippen LogP contribution in [0.3, 0.4) is 0 Å². The van der Waals surface area contributed by atoms with Crippen molar-refractivity contribution in [1.82, 2.24) is 4.90 Å². The number of ether oxygens (including phenoxy) is 1. The van der Waals surface area contributed by atoms with Gasteiger partial charge >= 0.3 is 11.8 Å². The van der Waals surface area contributed by atoms with Crippen molar-refractivity contribution >= 4 is 23.2 Å². The van der Waals surface area contributed by atoms with Crippen LogP contribution in [-0.2, 0) is 9.59 Å². The van der Waals surface area contributed by atoms with Crippen LogP contribution in [0.1, 0.15) is 11.1 Å². The van der Waals surface area contributed by atoms with Crippen molar-refractivity contribution in [3.8, 4) is 5.75 Å². The summed E-state index contributed by atoms with van der Waals surface area (Å²) < 4.78 is 5.41. The molecule has 1 saturated heterocycles. The number of anilines is 2. The first-order valence-corrected chi connectivity index (χ1v) is 9.05. The SMILES string of the molecule is COc1ccccc1N1CCN(C(=O)C(=O)Nc2cccc(C)c2C)CC1. The van der Waals surface area contributed by atoms with E-state index in [2.05, 4.69) is 10.2 Å². The Bertz CT molecular complexity index is 842. The molecule has 6 heteroatoms. The van der Waals surface area contributed by atoms with Crippen LogP contribution < -0.4 is 15.0 Å². The minimum absolute atomic E-state index is 0.490. The van der Waals surface area contributed by atoms with E-state index in [-0.39, 0.29) is 0 Å². The number of para-hydroxylation sites is 2. The standard InChI is InChI=1S/C21H25N3O3/c1-15-7-6-8-17(16(15)2)22-20(25)21(26)24-13-11-23(12-14-24)18-9-4-5-10-19(18)27-3/h4-10H,11-14H2,1-3H3,(H,22,25). The molecule has 1 heterocycles. The van der Waals surface area contributed by atoms with Gasteiger partial charge in [-0.15, -0.1) is 0 Å². The van der Waals surface area contributed by atoms with Gasteiger partial charge in [-0.25, -0.2) is 0 Å². The predicted octanol–water partition coefficient (Wildman–Crippen LogP) is 2.60. The normalized spacial score (nSPS) is 14.0. The number of rotatable bonds is 3. The monoisotopic (exact) mass is 367 g/mol. The average Bonchev–Trinajstić information content (AvgIpc) is 2.71. The Morgan fingerprint density at radius 3 is 2.37 bits per heavy atom. The number of aryl methyl sites for hydroxylation is 1. The molecule has 2 aromatic rings. The lowest BCUT2D eigenvalue weighted by Crippen LogP contribution is -2.51. The van der Waals surface area contributed by atoms with Crippen LogP contribution in [0.5, 0.6) is 5.75 Å². The van der Waals surface area contributed by atoms with Crippen LogP contribution in [-0.4, -0.2) is 50.0 Å². The molecule has 2 amide bonds. The summed E-state index contributed by atoms with van der Waals surface area (Å²) in [5, 5.41) is 2.75. The second-order valence-corrected chi connectivity index (χ2v) is 6.65. The van der Waals surface area contributed by atoms with Crippen LogP contribution in [0.2, 0.25) is 0 Å². The van der Waals surface area contributed by atoms with Gasteiger partial charge in [-0.2, -0.15) is 0 Å². The number of carbonyl (C=O) groups excluding carboxylic acids is 2. The highest BCUT2D eigenvalue weighted by atomic mass is 16.5. The fourth-order valence-electron chi connectivity index (χ4n) is 3.25. The minimum Gasteiger partial charge on any atom is -0.495 e. The van der Waals surface area contributed by atoms with E-state index in [9.17, 15) is 9.59 Å². The number of benzene rings is 2. The lowest BCUT2D eigenvalue weighted by Gasteiger charge is -2.36. The molecule has 1 N–H and O–H groups in total. The Kier molecular flexibility index (Phi) is 5.64. The van der Waals surface area contributed by atoms with Crippen molar-refractivity contribution < 1.29 is 14.3 Å². The summed E-state index contributed by atoms with van der Waals surface area (Å²) in [6.07, 6.45) is 0. The second-order valence-electron chi connectivity index (χ2n) is 6.65. The lowest BCUT2D eigenvalue weighted by atomic mass is 10.1. The molecular weight excluding hydrogens is 342 g/mol. The van der Waals surface area contributed by atoms with Crippen LogP contribution in [0.4, 0.5) is 11.4 Å². The summed E-state index contributed by atoms with van der Waals surface area (Å²) in [5.41, 5.74) is 3.73. The molecule has 2 aromatic carbocycles. The maximum absolute atomic E-state index is 12.5. The average molecular weight is 367 g/mol. The zero-order chi connectivity index (χ0) is 19.4. The molecule has 6 nitrogen and oxygen atoms in total. The van der Waals surface area contributed by atoms with Crippen molar-refractivity contribution in [3.05, 3.63) is 53.6 Å². The molecule has 0 aromatic heterocycles. The van der Waals surface area contributed by atoms with Gasteiger partial charge in [-0.3, -0.25) is 9.59 Å². The Morgan fingerprint density at radius 2 is 1.67 bits per heavy atom. The summed E-state index contributed by atoms with van der Waals surface area (Å²) >= 11 is 0. The van der Waals surface area contributed by atoms with E-state index in [1.54, 1.807) is 12.0 Å². The quantitative estimate of drug-likeness (QED) is 0.847. The van der Waals surface area contributed by atoms with Gasteiger partial charge in [0.05, 0.1) is 12.8 Å². The van der Waals surface area contributed by atoms with Gasteiger partial charge in [0.15, 0.2) is 0 Å². The maximum Gasteiger partial charge on any atom is 0.313 e. The zero-order valence-electron chi connectivity index (χ0n) is 16.0. The van der Waals surface area contributed by atoms with Crippen molar-refractivity contribution in [2.75, 3.05) is 43.5 Å². The number of amides is 2. The first-order valence-electron chi connectivity index (χ1n) is 9.05. The third-order valence-electron chi connectivity index (χ3n) is 5.04. The van der Waals surface area contributed by atoms with E-state index in [1.165, 1.54) is 0 Å². The topological polar surface area (TPSA) is 61.9 Å². The number of hydrogen-bond acceptors (Lipinski definition) is 4. The molecule has 142 valence electrons. The number of nitrogens with one attached hydrogen (secondary N) is 1. The van der Waals surface area contributed by atoms with Crippen molar-refractivity contribution in [3.63, 3.8) is 0 Å². The molecule has 0 saturated carbocycles. The Hall–Kier alpha value is -3.02. The van der Waals surface area contributed by atoms with Gasteiger partial charge in [-0.05, 0) is 43.2 Å². The van der Waals surface area contributed by atoms with Crippen LogP contribution in [0, 0.1) is 13.8 Å². The molecule has 1 fully saturated rings. The molecule has 0 spiro atoms. The van der Waals surface area contributed by atoms with Gasteiger partial charge in [-0.1, -0.05) is 24.3 Å². The predicted molar refractivity (Wildman–Crippen MR) is 106 cm³/mol. The minimum atomic E-state index is -0.588. The van der Waals surface area contributed by atoms with Gasteiger partial charge < -0.3 is 19.9 Å². The molecule has 0 aliphatic carbocycles. The van der Waals surface area contributed by atoms with Crippen molar-refractivity contribution in [1.29, 1.82) is 0 Å². The van der Waals surface area contributed by atoms with Gasteiger partial charge in [0, 0.05) is 31.9 Å². The molecule has 3 rings (SSSR count). The number of nitrogens with zero attached hydrogens (tertiary/aromatic N) is 2.